The molecule has 0 amide bonds. The maximum atomic E-state index is 12.3. The first kappa shape index (κ1) is 8.76. The smallest absolute Gasteiger partial charge is 0.172 e. The molecule has 0 spiro atoms. The molecule has 4 radical (unpaired) electrons. The SMILES string of the molecule is CN1[P+](F)(F)[B-][B-][P+]1(F)F. The monoisotopic (exact) mass is 189 g/mol. The van der Waals surface area contributed by atoms with Gasteiger partial charge in [-0.25, -0.2) is 0 Å². The number of nitrogens with zero attached hydrogens (tertiary/aromatic N) is 1. The summed E-state index contributed by atoms with van der Waals surface area (Å²) in [6.45, 7) is 0.696. The summed E-state index contributed by atoms with van der Waals surface area (Å²) >= 11 is 0. The van der Waals surface area contributed by atoms with E-state index in [0.717, 1.165) is 7.05 Å². The van der Waals surface area contributed by atoms with E-state index in [1.54, 1.807) is 0 Å². The first-order chi connectivity index (χ1) is 4.36. The van der Waals surface area contributed by atoms with E-state index in [1.165, 1.54) is 0 Å². The van der Waals surface area contributed by atoms with Crippen LogP contribution in [0.2, 0.25) is 0 Å². The minimum atomic E-state index is -4.55. The van der Waals surface area contributed by atoms with E-state index in [4.69, 9.17) is 0 Å². The van der Waals surface area contributed by atoms with Crippen molar-refractivity contribution in [2.45, 2.75) is 0 Å². The molecular formula is CH3B2F4NP2. The summed E-state index contributed by atoms with van der Waals surface area (Å²) in [7, 11) is -8.34. The molecule has 1 fully saturated rings. The molecule has 0 atom stereocenters. The van der Waals surface area contributed by atoms with Crippen LogP contribution in [0.3, 0.4) is 0 Å². The van der Waals surface area contributed by atoms with Crippen LogP contribution in [0.15, 0.2) is 0 Å². The van der Waals surface area contributed by atoms with Crippen LogP contribution < -0.4 is 0 Å². The maximum absolute atomic E-state index is 12.3. The van der Waals surface area contributed by atoms with Crippen LogP contribution in [0.4, 0.5) is 16.8 Å². The number of halogens is 4. The lowest BCUT2D eigenvalue weighted by atomic mass is 9.76. The van der Waals surface area contributed by atoms with E-state index in [9.17, 15) is 16.8 Å². The lowest BCUT2D eigenvalue weighted by Crippen LogP contribution is -2.03. The standard InChI is InChI=1S/CH3B2F4NP2/c1-8-9(4,5)2-3-10(8,6)7/h1H3. The van der Waals surface area contributed by atoms with Crippen LogP contribution in [-0.2, 0) is 0 Å². The molecule has 0 aromatic carbocycles. The number of hydrogen-bond donors (Lipinski definition) is 0. The molecule has 0 aromatic rings. The fourth-order valence-electron chi connectivity index (χ4n) is 0.512. The molecule has 1 nitrogen and oxygen atoms in total. The molecule has 56 valence electrons. The van der Waals surface area contributed by atoms with Crippen molar-refractivity contribution in [1.29, 1.82) is 0 Å². The first-order valence-corrected chi connectivity index (χ1v) is 5.56. The third-order valence-corrected chi connectivity index (χ3v) is 5.42. The fraction of sp³-hybridized carbons (Fsp3) is 1.00. The van der Waals surface area contributed by atoms with E-state index < -0.39 is 15.8 Å². The molecule has 0 saturated carbocycles. The highest BCUT2D eigenvalue weighted by atomic mass is 31.3. The Morgan fingerprint density at radius 1 is 1.00 bits per heavy atom. The predicted molar refractivity (Wildman–Crippen MR) is 37.5 cm³/mol. The molecule has 0 aliphatic carbocycles. The Morgan fingerprint density at radius 3 is 1.40 bits per heavy atom. The van der Waals surface area contributed by atoms with Gasteiger partial charge in [0.15, 0.2) is 0 Å². The summed E-state index contributed by atoms with van der Waals surface area (Å²) in [4.78, 5) is 0. The van der Waals surface area contributed by atoms with E-state index >= 15 is 0 Å². The van der Waals surface area contributed by atoms with Crippen molar-refractivity contribution in [2.75, 3.05) is 7.05 Å². The van der Waals surface area contributed by atoms with Crippen LogP contribution >= 0.6 is 15.8 Å². The molecule has 1 aliphatic heterocycles. The third kappa shape index (κ3) is 1.32. The summed E-state index contributed by atoms with van der Waals surface area (Å²) in [5.74, 6) is 0. The molecule has 1 rings (SSSR count). The van der Waals surface area contributed by atoms with Crippen molar-refractivity contribution in [2.24, 2.45) is 0 Å². The van der Waals surface area contributed by atoms with Crippen molar-refractivity contribution in [1.82, 2.24) is 4.44 Å². The van der Waals surface area contributed by atoms with Gasteiger partial charge in [-0.2, -0.15) is 13.8 Å². The summed E-state index contributed by atoms with van der Waals surface area (Å²) in [5.41, 5.74) is 0. The molecule has 0 bridgehead atoms. The van der Waals surface area contributed by atoms with Crippen LogP contribution in [-0.4, -0.2) is 25.3 Å². The van der Waals surface area contributed by atoms with Crippen molar-refractivity contribution in [3.63, 3.8) is 0 Å². The van der Waals surface area contributed by atoms with E-state index in [0.29, 0.717) is 13.8 Å². The number of hydrogen-bond acceptors (Lipinski definition) is 1. The van der Waals surface area contributed by atoms with E-state index in [2.05, 4.69) is 0 Å². The lowest BCUT2D eigenvalue weighted by molar-refractivity contribution is 0.573. The van der Waals surface area contributed by atoms with Crippen LogP contribution in [0.5, 0.6) is 0 Å². The molecular weight excluding hydrogens is 186 g/mol. The quantitative estimate of drug-likeness (QED) is 0.321. The lowest BCUT2D eigenvalue weighted by Gasteiger charge is -2.20. The molecule has 9 heteroatoms. The van der Waals surface area contributed by atoms with Crippen molar-refractivity contribution < 1.29 is 16.8 Å². The van der Waals surface area contributed by atoms with E-state index in [1.807, 2.05) is 0 Å². The average molecular weight is 189 g/mol. The van der Waals surface area contributed by atoms with Gasteiger partial charge in [0.1, 0.15) is 0 Å². The van der Waals surface area contributed by atoms with Gasteiger partial charge in [0, 0.05) is 0 Å². The van der Waals surface area contributed by atoms with E-state index in [-0.39, 0.29) is 4.44 Å². The summed E-state index contributed by atoms with van der Waals surface area (Å²) in [6, 6.07) is 0. The highest BCUT2D eigenvalue weighted by molar-refractivity contribution is 8.21. The average Bonchev–Trinajstić information content (AvgIpc) is 1.95. The van der Waals surface area contributed by atoms with Gasteiger partial charge >= 0.3 is 0 Å². The molecule has 0 unspecified atom stereocenters. The van der Waals surface area contributed by atoms with Crippen LogP contribution in [0.1, 0.15) is 0 Å². The topological polar surface area (TPSA) is 3.24 Å². The summed E-state index contributed by atoms with van der Waals surface area (Å²) < 4.78 is 49.3. The number of rotatable bonds is 0. The zero-order chi connectivity index (χ0) is 7.99. The Kier molecular flexibility index (Phi) is 2.04. The van der Waals surface area contributed by atoms with Crippen molar-refractivity contribution in [3.05, 3.63) is 0 Å². The Bertz CT molecular complexity index is 136. The Labute approximate surface area is 58.8 Å². The second-order valence-electron chi connectivity index (χ2n) is 1.84. The summed E-state index contributed by atoms with van der Waals surface area (Å²) in [6.07, 6.45) is 0. The first-order valence-electron chi connectivity index (χ1n) is 2.37. The van der Waals surface area contributed by atoms with Crippen LogP contribution in [0.25, 0.3) is 0 Å². The van der Waals surface area contributed by atoms with Crippen LogP contribution in [0, 0.1) is 0 Å². The summed E-state index contributed by atoms with van der Waals surface area (Å²) in [5, 5.41) is 0. The Hall–Kier alpha value is 0.670. The molecule has 0 aromatic heterocycles. The van der Waals surface area contributed by atoms with Crippen molar-refractivity contribution >= 4 is 29.6 Å². The molecule has 1 aliphatic rings. The highest BCUT2D eigenvalue weighted by Crippen LogP contribution is 2.85. The minimum absolute atomic E-state index is 0.0694. The van der Waals surface area contributed by atoms with Gasteiger partial charge in [-0.3, -0.25) is 0 Å². The predicted octanol–water partition coefficient (Wildman–Crippen LogP) is 2.49. The molecule has 1 saturated heterocycles. The molecule has 10 heavy (non-hydrogen) atoms. The largest absolute Gasteiger partial charge is 0.220 e. The van der Waals surface area contributed by atoms with Gasteiger partial charge in [-0.15, -0.1) is 0 Å². The third-order valence-electron chi connectivity index (χ3n) is 1.20. The molecule has 0 N–H and O–H groups in total. The highest BCUT2D eigenvalue weighted by Gasteiger charge is 2.52. The van der Waals surface area contributed by atoms with Gasteiger partial charge in [0.25, 0.3) is 0 Å². The van der Waals surface area contributed by atoms with Gasteiger partial charge in [0.2, 0.25) is 15.8 Å². The zero-order valence-corrected chi connectivity index (χ0v) is 6.80. The van der Waals surface area contributed by atoms with Gasteiger partial charge < -0.3 is 0 Å². The second-order valence-corrected chi connectivity index (χ2v) is 6.05. The molecule has 1 heterocycles. The Balaban J connectivity index is 2.77. The van der Waals surface area contributed by atoms with Gasteiger partial charge in [-0.1, -0.05) is 16.8 Å². The zero-order valence-electron chi connectivity index (χ0n) is 5.01. The Morgan fingerprint density at radius 2 is 1.30 bits per heavy atom. The van der Waals surface area contributed by atoms with Gasteiger partial charge in [-0.05, 0) is 4.44 Å². The normalized spacial score (nSPS) is 30.9. The maximum Gasteiger partial charge on any atom is 0.220 e. The second kappa shape index (κ2) is 2.33. The van der Waals surface area contributed by atoms with Gasteiger partial charge in [0.05, 0.1) is 7.05 Å². The minimum Gasteiger partial charge on any atom is -0.172 e. The van der Waals surface area contributed by atoms with Crippen molar-refractivity contribution in [3.8, 4) is 0 Å². The fourth-order valence-corrected chi connectivity index (χ4v) is 3.81.